The summed E-state index contributed by atoms with van der Waals surface area (Å²) in [6.07, 6.45) is 3.00. The average Bonchev–Trinajstić information content (AvgIpc) is 2.17. The zero-order valence-corrected chi connectivity index (χ0v) is 9.55. The summed E-state index contributed by atoms with van der Waals surface area (Å²) < 4.78 is 0. The molecule has 0 aromatic rings. The lowest BCUT2D eigenvalue weighted by atomic mass is 10.0. The normalized spacial score (nSPS) is 22.4. The van der Waals surface area contributed by atoms with Gasteiger partial charge >= 0.3 is 0 Å². The van der Waals surface area contributed by atoms with Crippen molar-refractivity contribution in [3.8, 4) is 0 Å². The van der Waals surface area contributed by atoms with E-state index in [1.165, 1.54) is 6.42 Å². The molecule has 1 N–H and O–H groups in total. The number of hydrogen-bond acceptors (Lipinski definition) is 2. The van der Waals surface area contributed by atoms with Crippen LogP contribution in [-0.2, 0) is 4.79 Å². The fraction of sp³-hybridized carbons (Fsp3) is 0.909. The summed E-state index contributed by atoms with van der Waals surface area (Å²) in [5.74, 6) is 0.746. The number of carbonyl (C=O) groups excluding carboxylic acids is 1. The maximum Gasteiger partial charge on any atom is 0.222 e. The van der Waals surface area contributed by atoms with Gasteiger partial charge in [0.05, 0.1) is 0 Å². The van der Waals surface area contributed by atoms with Gasteiger partial charge in [-0.15, -0.1) is 0 Å². The molecule has 1 aliphatic heterocycles. The van der Waals surface area contributed by atoms with Gasteiger partial charge in [0, 0.05) is 26.1 Å². The summed E-state index contributed by atoms with van der Waals surface area (Å²) in [5, 5.41) is 3.33. The van der Waals surface area contributed by atoms with Gasteiger partial charge in [0.2, 0.25) is 5.91 Å². The monoisotopic (exact) mass is 198 g/mol. The Kier molecular flexibility index (Phi) is 4.39. The molecule has 0 aliphatic carbocycles. The summed E-state index contributed by atoms with van der Waals surface area (Å²) in [4.78, 5) is 13.7. The number of rotatable bonds is 3. The van der Waals surface area contributed by atoms with Crippen LogP contribution in [0.15, 0.2) is 0 Å². The Bertz CT molecular complexity index is 186. The van der Waals surface area contributed by atoms with E-state index in [4.69, 9.17) is 0 Å². The highest BCUT2D eigenvalue weighted by Gasteiger charge is 2.21. The molecule has 1 aliphatic rings. The summed E-state index contributed by atoms with van der Waals surface area (Å²) in [5.41, 5.74) is 0. The lowest BCUT2D eigenvalue weighted by Gasteiger charge is -2.32. The zero-order chi connectivity index (χ0) is 10.6. The van der Waals surface area contributed by atoms with E-state index in [0.717, 1.165) is 19.5 Å². The number of carbonyl (C=O) groups is 1. The van der Waals surface area contributed by atoms with Crippen LogP contribution in [0.4, 0.5) is 0 Å². The predicted octanol–water partition coefficient (Wildman–Crippen LogP) is 1.24. The maximum absolute atomic E-state index is 11.8. The van der Waals surface area contributed by atoms with Crippen LogP contribution in [0.5, 0.6) is 0 Å². The molecule has 82 valence electrons. The lowest BCUT2D eigenvalue weighted by molar-refractivity contribution is -0.133. The molecule has 1 fully saturated rings. The van der Waals surface area contributed by atoms with Crippen molar-refractivity contribution >= 4 is 5.91 Å². The van der Waals surface area contributed by atoms with Gasteiger partial charge in [0.1, 0.15) is 0 Å². The molecule has 14 heavy (non-hydrogen) atoms. The molecular weight excluding hydrogens is 176 g/mol. The standard InChI is InChI=1S/C11H22N2O/c1-9(2)7-11(14)13(3)10-5-4-6-12-8-10/h9-10,12H,4-8H2,1-3H3. The second-order valence-corrected chi connectivity index (χ2v) is 4.60. The lowest BCUT2D eigenvalue weighted by Crippen LogP contribution is -2.46. The van der Waals surface area contributed by atoms with Crippen molar-refractivity contribution in [2.75, 3.05) is 20.1 Å². The third kappa shape index (κ3) is 3.29. The molecule has 0 aromatic carbocycles. The van der Waals surface area contributed by atoms with E-state index in [1.54, 1.807) is 0 Å². The van der Waals surface area contributed by atoms with Crippen molar-refractivity contribution in [3.63, 3.8) is 0 Å². The summed E-state index contributed by atoms with van der Waals surface area (Å²) in [6, 6.07) is 0.412. The molecule has 3 heteroatoms. The van der Waals surface area contributed by atoms with Gasteiger partial charge in [-0.1, -0.05) is 13.8 Å². The highest BCUT2D eigenvalue weighted by Crippen LogP contribution is 2.11. The third-order valence-electron chi connectivity index (χ3n) is 2.79. The van der Waals surface area contributed by atoms with Gasteiger partial charge in [0.25, 0.3) is 0 Å². The van der Waals surface area contributed by atoms with Crippen molar-refractivity contribution in [1.82, 2.24) is 10.2 Å². The number of nitrogens with zero attached hydrogens (tertiary/aromatic N) is 1. The van der Waals surface area contributed by atoms with Crippen LogP contribution in [0.1, 0.15) is 33.1 Å². The van der Waals surface area contributed by atoms with Crippen LogP contribution >= 0.6 is 0 Å². The number of nitrogens with one attached hydrogen (secondary N) is 1. The van der Waals surface area contributed by atoms with Gasteiger partial charge in [-0.05, 0) is 25.3 Å². The fourth-order valence-electron chi connectivity index (χ4n) is 1.86. The Morgan fingerprint density at radius 1 is 1.57 bits per heavy atom. The fourth-order valence-corrected chi connectivity index (χ4v) is 1.86. The van der Waals surface area contributed by atoms with Crippen molar-refractivity contribution in [3.05, 3.63) is 0 Å². The minimum absolute atomic E-state index is 0.286. The van der Waals surface area contributed by atoms with Crippen LogP contribution in [-0.4, -0.2) is 37.0 Å². The van der Waals surface area contributed by atoms with Crippen LogP contribution in [0.2, 0.25) is 0 Å². The van der Waals surface area contributed by atoms with Gasteiger partial charge in [-0.25, -0.2) is 0 Å². The van der Waals surface area contributed by atoms with Gasteiger partial charge in [-0.2, -0.15) is 0 Å². The second-order valence-electron chi connectivity index (χ2n) is 4.60. The Labute approximate surface area is 86.9 Å². The Morgan fingerprint density at radius 2 is 2.29 bits per heavy atom. The zero-order valence-electron chi connectivity index (χ0n) is 9.55. The number of hydrogen-bond donors (Lipinski definition) is 1. The Balaban J connectivity index is 2.38. The minimum Gasteiger partial charge on any atom is -0.341 e. The van der Waals surface area contributed by atoms with E-state index < -0.39 is 0 Å². The molecule has 1 atom stereocenters. The van der Waals surface area contributed by atoms with E-state index in [2.05, 4.69) is 19.2 Å². The highest BCUT2D eigenvalue weighted by molar-refractivity contribution is 5.76. The molecule has 0 saturated carbocycles. The first-order valence-corrected chi connectivity index (χ1v) is 5.57. The summed E-state index contributed by atoms with van der Waals surface area (Å²) in [7, 11) is 1.93. The molecule has 3 nitrogen and oxygen atoms in total. The first kappa shape index (κ1) is 11.5. The Morgan fingerprint density at radius 3 is 2.79 bits per heavy atom. The number of piperidine rings is 1. The van der Waals surface area contributed by atoms with E-state index in [1.807, 2.05) is 11.9 Å². The van der Waals surface area contributed by atoms with Gasteiger partial charge in [-0.3, -0.25) is 4.79 Å². The molecule has 0 spiro atoms. The van der Waals surface area contributed by atoms with Crippen molar-refractivity contribution in [2.45, 2.75) is 39.2 Å². The molecule has 1 rings (SSSR count). The molecule has 1 unspecified atom stereocenters. The molecule has 1 saturated heterocycles. The van der Waals surface area contributed by atoms with E-state index in [-0.39, 0.29) is 5.91 Å². The maximum atomic E-state index is 11.8. The highest BCUT2D eigenvalue weighted by atomic mass is 16.2. The van der Waals surface area contributed by atoms with Crippen molar-refractivity contribution in [2.24, 2.45) is 5.92 Å². The molecule has 0 radical (unpaired) electrons. The second kappa shape index (κ2) is 5.35. The molecule has 0 bridgehead atoms. The van der Waals surface area contributed by atoms with E-state index >= 15 is 0 Å². The average molecular weight is 198 g/mol. The van der Waals surface area contributed by atoms with Crippen molar-refractivity contribution < 1.29 is 4.79 Å². The van der Waals surface area contributed by atoms with Crippen LogP contribution < -0.4 is 5.32 Å². The number of amides is 1. The molecule has 1 heterocycles. The van der Waals surface area contributed by atoms with E-state index in [0.29, 0.717) is 18.4 Å². The molecular formula is C11H22N2O. The summed E-state index contributed by atoms with van der Waals surface area (Å²) in [6.45, 7) is 6.23. The van der Waals surface area contributed by atoms with Gasteiger partial charge in [0.15, 0.2) is 0 Å². The van der Waals surface area contributed by atoms with Crippen LogP contribution in [0, 0.1) is 5.92 Å². The largest absolute Gasteiger partial charge is 0.341 e. The Hall–Kier alpha value is -0.570. The van der Waals surface area contributed by atoms with Gasteiger partial charge < -0.3 is 10.2 Å². The smallest absolute Gasteiger partial charge is 0.222 e. The minimum atomic E-state index is 0.286. The van der Waals surface area contributed by atoms with Crippen molar-refractivity contribution in [1.29, 1.82) is 0 Å². The van der Waals surface area contributed by atoms with Crippen LogP contribution in [0.25, 0.3) is 0 Å². The predicted molar refractivity (Wildman–Crippen MR) is 58.1 cm³/mol. The SMILES string of the molecule is CC(C)CC(=O)N(C)C1CCCNC1. The molecule has 0 aromatic heterocycles. The number of likely N-dealkylation sites (N-methyl/N-ethyl adjacent to an activating group) is 1. The van der Waals surface area contributed by atoms with Crippen LogP contribution in [0.3, 0.4) is 0 Å². The quantitative estimate of drug-likeness (QED) is 0.740. The summed E-state index contributed by atoms with van der Waals surface area (Å²) >= 11 is 0. The molecule has 1 amide bonds. The topological polar surface area (TPSA) is 32.3 Å². The third-order valence-corrected chi connectivity index (χ3v) is 2.79. The first-order valence-electron chi connectivity index (χ1n) is 5.57. The first-order chi connectivity index (χ1) is 6.61. The van der Waals surface area contributed by atoms with E-state index in [9.17, 15) is 4.79 Å².